The minimum Gasteiger partial charge on any atom is -0.497 e. The number of nitrogens with one attached hydrogen (secondary N) is 1. The first-order valence-electron chi connectivity index (χ1n) is 5.65. The lowest BCUT2D eigenvalue weighted by atomic mass is 10.1. The molecule has 1 aromatic rings. The molecule has 0 unspecified atom stereocenters. The van der Waals surface area contributed by atoms with Crippen molar-refractivity contribution in [2.24, 2.45) is 0 Å². The summed E-state index contributed by atoms with van der Waals surface area (Å²) in [6.07, 6.45) is 1.03. The largest absolute Gasteiger partial charge is 0.497 e. The summed E-state index contributed by atoms with van der Waals surface area (Å²) in [5, 5.41) is 3.47. The van der Waals surface area contributed by atoms with Crippen molar-refractivity contribution in [3.05, 3.63) is 42.0 Å². The van der Waals surface area contributed by atoms with Crippen molar-refractivity contribution in [3.8, 4) is 5.75 Å². The predicted octanol–water partition coefficient (Wildman–Crippen LogP) is 3.31. The number of hydrogen-bond donors (Lipinski definition) is 1. The Balaban J connectivity index is 2.45. The summed E-state index contributed by atoms with van der Waals surface area (Å²) < 4.78 is 5.13. The van der Waals surface area contributed by atoms with Crippen molar-refractivity contribution in [2.75, 3.05) is 13.7 Å². The van der Waals surface area contributed by atoms with E-state index in [-0.39, 0.29) is 0 Å². The maximum Gasteiger partial charge on any atom is 0.118 e. The van der Waals surface area contributed by atoms with Gasteiger partial charge in [0.1, 0.15) is 5.75 Å². The zero-order valence-electron chi connectivity index (χ0n) is 10.4. The van der Waals surface area contributed by atoms with Crippen molar-refractivity contribution in [3.63, 3.8) is 0 Å². The summed E-state index contributed by atoms with van der Waals surface area (Å²) in [5.74, 6) is 0.901. The van der Waals surface area contributed by atoms with E-state index in [1.54, 1.807) is 7.11 Å². The van der Waals surface area contributed by atoms with Gasteiger partial charge in [0.05, 0.1) is 7.11 Å². The van der Waals surface area contributed by atoms with E-state index in [4.69, 9.17) is 4.74 Å². The second kappa shape index (κ2) is 6.33. The molecule has 0 aromatic heterocycles. The molecule has 0 saturated carbocycles. The van der Waals surface area contributed by atoms with Crippen LogP contribution in [0.2, 0.25) is 0 Å². The first-order valence-corrected chi connectivity index (χ1v) is 5.65. The maximum absolute atomic E-state index is 5.13. The Bertz CT molecular complexity index is 329. The summed E-state index contributed by atoms with van der Waals surface area (Å²) in [7, 11) is 1.68. The average Bonchev–Trinajstić information content (AvgIpc) is 2.28. The van der Waals surface area contributed by atoms with Crippen molar-refractivity contribution in [1.29, 1.82) is 0 Å². The molecule has 0 radical (unpaired) electrons. The number of methoxy groups -OCH3 is 1. The Morgan fingerprint density at radius 2 is 2.00 bits per heavy atom. The molecule has 0 fully saturated rings. The molecule has 1 atom stereocenters. The average molecular weight is 219 g/mol. The highest BCUT2D eigenvalue weighted by atomic mass is 16.5. The van der Waals surface area contributed by atoms with Crippen LogP contribution in [0, 0.1) is 0 Å². The zero-order chi connectivity index (χ0) is 12.0. The highest BCUT2D eigenvalue weighted by molar-refractivity contribution is 5.28. The van der Waals surface area contributed by atoms with Crippen molar-refractivity contribution >= 4 is 0 Å². The van der Waals surface area contributed by atoms with Gasteiger partial charge >= 0.3 is 0 Å². The lowest BCUT2D eigenvalue weighted by Crippen LogP contribution is -2.19. The summed E-state index contributed by atoms with van der Waals surface area (Å²) in [4.78, 5) is 0. The Hall–Kier alpha value is -1.28. The minimum absolute atomic E-state index is 0.366. The Morgan fingerprint density at radius 1 is 1.38 bits per heavy atom. The van der Waals surface area contributed by atoms with Gasteiger partial charge in [-0.2, -0.15) is 0 Å². The first kappa shape index (κ1) is 12.8. The van der Waals surface area contributed by atoms with Crippen LogP contribution >= 0.6 is 0 Å². The highest BCUT2D eigenvalue weighted by Crippen LogP contribution is 2.17. The molecule has 1 rings (SSSR count). The quantitative estimate of drug-likeness (QED) is 0.741. The lowest BCUT2D eigenvalue weighted by Gasteiger charge is -2.14. The van der Waals surface area contributed by atoms with Crippen molar-refractivity contribution < 1.29 is 4.74 Å². The molecule has 88 valence electrons. The number of rotatable bonds is 6. The van der Waals surface area contributed by atoms with Crippen LogP contribution in [0.25, 0.3) is 0 Å². The van der Waals surface area contributed by atoms with Gasteiger partial charge in [0.15, 0.2) is 0 Å². The summed E-state index contributed by atoms with van der Waals surface area (Å²) in [5.41, 5.74) is 2.50. The Labute approximate surface area is 98.3 Å². The van der Waals surface area contributed by atoms with Gasteiger partial charge in [-0.3, -0.25) is 0 Å². The Kier molecular flexibility index (Phi) is 5.06. The van der Waals surface area contributed by atoms with E-state index in [0.29, 0.717) is 6.04 Å². The normalized spacial score (nSPS) is 12.2. The van der Waals surface area contributed by atoms with Crippen LogP contribution in [0.4, 0.5) is 0 Å². The third-order valence-electron chi connectivity index (χ3n) is 2.62. The standard InChI is InChI=1S/C14H21NO/c1-11(2)9-10-15-12(3)13-5-7-14(16-4)8-6-13/h5-8,12,15H,1,9-10H2,2-4H3/t12-/m1/s1. The Morgan fingerprint density at radius 3 is 2.50 bits per heavy atom. The van der Waals surface area contributed by atoms with Crippen LogP contribution in [0.15, 0.2) is 36.4 Å². The predicted molar refractivity (Wildman–Crippen MR) is 68.8 cm³/mol. The van der Waals surface area contributed by atoms with Crippen molar-refractivity contribution in [2.45, 2.75) is 26.3 Å². The smallest absolute Gasteiger partial charge is 0.118 e. The molecule has 2 nitrogen and oxygen atoms in total. The molecule has 0 amide bonds. The molecule has 0 aliphatic rings. The van der Waals surface area contributed by atoms with E-state index < -0.39 is 0 Å². The van der Waals surface area contributed by atoms with Crippen LogP contribution in [-0.2, 0) is 0 Å². The fraction of sp³-hybridized carbons (Fsp3) is 0.429. The highest BCUT2D eigenvalue weighted by Gasteiger charge is 2.03. The number of benzene rings is 1. The third kappa shape index (κ3) is 4.07. The van der Waals surface area contributed by atoms with Gasteiger partial charge in [-0.25, -0.2) is 0 Å². The van der Waals surface area contributed by atoms with Gasteiger partial charge in [0, 0.05) is 6.04 Å². The SMILES string of the molecule is C=C(C)CCN[C@H](C)c1ccc(OC)cc1. The molecular weight excluding hydrogens is 198 g/mol. The molecule has 16 heavy (non-hydrogen) atoms. The van der Waals surface area contributed by atoms with Crippen LogP contribution in [-0.4, -0.2) is 13.7 Å². The monoisotopic (exact) mass is 219 g/mol. The number of hydrogen-bond acceptors (Lipinski definition) is 2. The van der Waals surface area contributed by atoms with Gasteiger partial charge in [-0.15, -0.1) is 6.58 Å². The van der Waals surface area contributed by atoms with E-state index in [1.165, 1.54) is 11.1 Å². The van der Waals surface area contributed by atoms with Crippen molar-refractivity contribution in [1.82, 2.24) is 5.32 Å². The van der Waals surface area contributed by atoms with Crippen LogP contribution in [0.3, 0.4) is 0 Å². The minimum atomic E-state index is 0.366. The zero-order valence-corrected chi connectivity index (χ0v) is 10.4. The van der Waals surface area contributed by atoms with Crippen LogP contribution in [0.5, 0.6) is 5.75 Å². The first-order chi connectivity index (χ1) is 7.63. The molecule has 1 aromatic carbocycles. The van der Waals surface area contributed by atoms with Gasteiger partial charge in [0.25, 0.3) is 0 Å². The molecule has 2 heteroatoms. The van der Waals surface area contributed by atoms with E-state index in [2.05, 4.69) is 37.9 Å². The van der Waals surface area contributed by atoms with Crippen LogP contribution in [0.1, 0.15) is 31.9 Å². The molecule has 0 saturated heterocycles. The molecular formula is C14H21NO. The molecule has 0 spiro atoms. The molecule has 0 aliphatic heterocycles. The lowest BCUT2D eigenvalue weighted by molar-refractivity contribution is 0.414. The summed E-state index contributed by atoms with van der Waals surface area (Å²) in [6.45, 7) is 9.09. The molecule has 1 N–H and O–H groups in total. The fourth-order valence-electron chi connectivity index (χ4n) is 1.51. The molecule has 0 aliphatic carbocycles. The topological polar surface area (TPSA) is 21.3 Å². The molecule has 0 bridgehead atoms. The van der Waals surface area contributed by atoms with Gasteiger partial charge in [0.2, 0.25) is 0 Å². The van der Waals surface area contributed by atoms with Gasteiger partial charge in [-0.05, 0) is 44.5 Å². The van der Waals surface area contributed by atoms with E-state index in [1.807, 2.05) is 12.1 Å². The van der Waals surface area contributed by atoms with E-state index >= 15 is 0 Å². The fourth-order valence-corrected chi connectivity index (χ4v) is 1.51. The third-order valence-corrected chi connectivity index (χ3v) is 2.62. The van der Waals surface area contributed by atoms with Crippen LogP contribution < -0.4 is 10.1 Å². The second-order valence-corrected chi connectivity index (χ2v) is 4.16. The summed E-state index contributed by atoms with van der Waals surface area (Å²) >= 11 is 0. The number of ether oxygens (including phenoxy) is 1. The summed E-state index contributed by atoms with van der Waals surface area (Å²) in [6, 6.07) is 8.54. The van der Waals surface area contributed by atoms with E-state index in [9.17, 15) is 0 Å². The van der Waals surface area contributed by atoms with E-state index in [0.717, 1.165) is 18.7 Å². The van der Waals surface area contributed by atoms with Gasteiger partial charge < -0.3 is 10.1 Å². The van der Waals surface area contributed by atoms with Gasteiger partial charge in [-0.1, -0.05) is 17.7 Å². The second-order valence-electron chi connectivity index (χ2n) is 4.16. The molecule has 0 heterocycles. The maximum atomic E-state index is 5.13.